The number of carbonyl (C=O) groups is 6. The second-order valence-corrected chi connectivity index (χ2v) is 16.7. The van der Waals surface area contributed by atoms with Gasteiger partial charge >= 0.3 is 0 Å². The maximum Gasteiger partial charge on any atom is 0.287 e. The van der Waals surface area contributed by atoms with Gasteiger partial charge in [0.1, 0.15) is 23.8 Å². The number of hydrogen-bond donors (Lipinski definition) is 4. The zero-order valence-corrected chi connectivity index (χ0v) is 29.9. The maximum atomic E-state index is 14.8. The van der Waals surface area contributed by atoms with Crippen LogP contribution < -0.4 is 21.7 Å². The fourth-order valence-corrected chi connectivity index (χ4v) is 9.01. The Labute approximate surface area is 288 Å². The van der Waals surface area contributed by atoms with E-state index in [1.165, 1.54) is 18.6 Å². The third-order valence-electron chi connectivity index (χ3n) is 12.5. The molecule has 268 valence electrons. The minimum Gasteiger partial charge on any atom is -0.363 e. The molecular weight excluding hydrogens is 626 g/mol. The predicted molar refractivity (Wildman–Crippen MR) is 180 cm³/mol. The van der Waals surface area contributed by atoms with Gasteiger partial charge in [0.05, 0.1) is 12.2 Å². The normalized spacial score (nSPS) is 25.5. The van der Waals surface area contributed by atoms with Crippen LogP contribution in [0.25, 0.3) is 0 Å². The predicted octanol–water partition coefficient (Wildman–Crippen LogP) is 2.29. The van der Waals surface area contributed by atoms with E-state index in [2.05, 4.69) is 39.8 Å². The zero-order chi connectivity index (χ0) is 36.1. The van der Waals surface area contributed by atoms with E-state index in [4.69, 9.17) is 5.73 Å². The number of ketones is 1. The molecule has 5 atom stereocenters. The van der Waals surface area contributed by atoms with E-state index in [1.807, 2.05) is 20.8 Å². The Morgan fingerprint density at radius 3 is 2.12 bits per heavy atom. The van der Waals surface area contributed by atoms with E-state index in [1.54, 1.807) is 18.7 Å². The van der Waals surface area contributed by atoms with Crippen molar-refractivity contribution in [3.8, 4) is 0 Å². The van der Waals surface area contributed by atoms with Gasteiger partial charge < -0.3 is 26.6 Å². The lowest BCUT2D eigenvalue weighted by Gasteiger charge is -2.37. The molecule has 1 aliphatic heterocycles. The minimum absolute atomic E-state index is 0.00969. The van der Waals surface area contributed by atoms with Crippen molar-refractivity contribution in [2.24, 2.45) is 39.2 Å². The highest BCUT2D eigenvalue weighted by Crippen LogP contribution is 2.88. The lowest BCUT2D eigenvalue weighted by atomic mass is 9.73. The first-order valence-electron chi connectivity index (χ1n) is 17.7. The minimum atomic E-state index is -1.10. The van der Waals surface area contributed by atoms with Gasteiger partial charge in [0.25, 0.3) is 11.8 Å². The monoisotopic (exact) mass is 679 g/mol. The molecule has 0 aromatic carbocycles. The third kappa shape index (κ3) is 6.33. The fraction of sp³-hybridized carbons (Fsp3) is 0.722. The van der Waals surface area contributed by atoms with Crippen LogP contribution in [0.2, 0.25) is 0 Å². The van der Waals surface area contributed by atoms with Crippen molar-refractivity contribution in [2.45, 2.75) is 124 Å². The van der Waals surface area contributed by atoms with E-state index in [-0.39, 0.29) is 33.8 Å². The van der Waals surface area contributed by atoms with E-state index in [0.29, 0.717) is 19.4 Å². The number of aromatic nitrogens is 2. The van der Waals surface area contributed by atoms with E-state index in [9.17, 15) is 28.8 Å². The Bertz CT molecular complexity index is 1500. The van der Waals surface area contributed by atoms with Gasteiger partial charge in [-0.05, 0) is 53.8 Å². The lowest BCUT2D eigenvalue weighted by molar-refractivity contribution is -0.145. The number of nitrogens with zero attached hydrogens (tertiary/aromatic N) is 3. The standard InChI is InChI=1S/C36H53N7O6/c1-20(2)25(41-29(46)23-18-38-14-15-39-23)31(48)42-27(33(3,4)5)32(49)43-19-36(34(6,7)35(36)12-9-13-35)17-24(43)30(47)40-22(26(44)28(37)45)16-21-10-8-11-21/h14-15,18,20-22,24-25,27H,8-13,16-17,19H2,1-7H3,(H2,37,45)(H,40,47)(H,41,46)(H,42,48)/t22?,24-,25?,27+,36+/m0/s1. The summed E-state index contributed by atoms with van der Waals surface area (Å²) in [4.78, 5) is 90.2. The number of carbonyl (C=O) groups excluding carboxylic acids is 6. The van der Waals surface area contributed by atoms with Crippen LogP contribution in [0.1, 0.15) is 110 Å². The highest BCUT2D eigenvalue weighted by atomic mass is 16.2. The molecule has 5 N–H and O–H groups in total. The van der Waals surface area contributed by atoms with Crippen molar-refractivity contribution in [1.29, 1.82) is 0 Å². The van der Waals surface area contributed by atoms with Crippen LogP contribution in [0.15, 0.2) is 18.6 Å². The molecule has 2 spiro atoms. The molecule has 1 aromatic rings. The van der Waals surface area contributed by atoms with Crippen LogP contribution in [0.4, 0.5) is 0 Å². The van der Waals surface area contributed by atoms with Crippen LogP contribution >= 0.6 is 0 Å². The molecule has 4 fully saturated rings. The Kier molecular flexibility index (Phi) is 9.72. The van der Waals surface area contributed by atoms with Gasteiger partial charge in [0.2, 0.25) is 23.5 Å². The number of nitrogens with one attached hydrogen (secondary N) is 3. The van der Waals surface area contributed by atoms with Crippen molar-refractivity contribution in [1.82, 2.24) is 30.8 Å². The third-order valence-corrected chi connectivity index (χ3v) is 12.5. The molecule has 13 nitrogen and oxygen atoms in total. The summed E-state index contributed by atoms with van der Waals surface area (Å²) in [5.74, 6) is -4.05. The van der Waals surface area contributed by atoms with Crippen molar-refractivity contribution >= 4 is 35.3 Å². The average molecular weight is 680 g/mol. The number of Topliss-reactive ketones (excluding diaryl/α,β-unsaturated/α-hetero) is 1. The van der Waals surface area contributed by atoms with E-state index < -0.39 is 64.9 Å². The van der Waals surface area contributed by atoms with Crippen LogP contribution in [-0.2, 0) is 24.0 Å². The quantitative estimate of drug-likeness (QED) is 0.242. The molecule has 3 saturated carbocycles. The summed E-state index contributed by atoms with van der Waals surface area (Å²) < 4.78 is 0. The van der Waals surface area contributed by atoms with Crippen LogP contribution in [0.5, 0.6) is 0 Å². The maximum absolute atomic E-state index is 14.8. The Balaban J connectivity index is 1.42. The molecule has 4 aliphatic rings. The van der Waals surface area contributed by atoms with Gasteiger partial charge in [-0.1, -0.05) is 74.1 Å². The molecule has 1 aromatic heterocycles. The number of primary amides is 1. The number of rotatable bonds is 12. The molecule has 3 aliphatic carbocycles. The summed E-state index contributed by atoms with van der Waals surface area (Å²) in [7, 11) is 0. The number of fused-ring (bicyclic) bond motifs is 1. The molecule has 1 saturated heterocycles. The van der Waals surface area contributed by atoms with Crippen LogP contribution in [-0.4, -0.2) is 80.9 Å². The smallest absolute Gasteiger partial charge is 0.287 e. The SMILES string of the molecule is CC(C)C(NC(=O)c1cnccn1)C(=O)N[C@H](C(=O)N1C[C@]2(C[C@H]1C(=O)NC(CC1CCC1)C(=O)C(N)=O)C(C)(C)C21CCC1)C(C)(C)C. The first-order chi connectivity index (χ1) is 22.9. The first-order valence-corrected chi connectivity index (χ1v) is 17.7. The van der Waals surface area contributed by atoms with Crippen LogP contribution in [0, 0.1) is 33.5 Å². The van der Waals surface area contributed by atoms with Gasteiger partial charge in [-0.2, -0.15) is 0 Å². The Morgan fingerprint density at radius 2 is 1.65 bits per heavy atom. The first kappa shape index (κ1) is 36.4. The molecule has 2 unspecified atom stereocenters. The van der Waals surface area contributed by atoms with Crippen molar-refractivity contribution < 1.29 is 28.8 Å². The van der Waals surface area contributed by atoms with E-state index in [0.717, 1.165) is 38.5 Å². The van der Waals surface area contributed by atoms with Gasteiger partial charge in [-0.15, -0.1) is 0 Å². The molecule has 13 heteroatoms. The van der Waals surface area contributed by atoms with Crippen LogP contribution in [0.3, 0.4) is 0 Å². The molecule has 2 heterocycles. The Hall–Kier alpha value is -3.90. The van der Waals surface area contributed by atoms with Gasteiger partial charge in [0, 0.05) is 24.4 Å². The number of likely N-dealkylation sites (tertiary alicyclic amines) is 1. The highest BCUT2D eigenvalue weighted by Gasteiger charge is 2.85. The summed E-state index contributed by atoms with van der Waals surface area (Å²) in [6.45, 7) is 13.9. The molecule has 5 amide bonds. The van der Waals surface area contributed by atoms with Crippen molar-refractivity contribution in [3.05, 3.63) is 24.3 Å². The van der Waals surface area contributed by atoms with Crippen molar-refractivity contribution in [3.63, 3.8) is 0 Å². The summed E-state index contributed by atoms with van der Waals surface area (Å²) in [6, 6.07) is -3.99. The largest absolute Gasteiger partial charge is 0.363 e. The zero-order valence-electron chi connectivity index (χ0n) is 29.9. The Morgan fingerprint density at radius 1 is 0.980 bits per heavy atom. The summed E-state index contributed by atoms with van der Waals surface area (Å²) in [6.07, 6.45) is 10.9. The summed E-state index contributed by atoms with van der Waals surface area (Å²) in [5, 5.41) is 8.51. The summed E-state index contributed by atoms with van der Waals surface area (Å²) >= 11 is 0. The second kappa shape index (κ2) is 13.1. The molecule has 0 bridgehead atoms. The molecule has 49 heavy (non-hydrogen) atoms. The van der Waals surface area contributed by atoms with E-state index >= 15 is 0 Å². The topological polar surface area (TPSA) is 194 Å². The fourth-order valence-electron chi connectivity index (χ4n) is 9.01. The summed E-state index contributed by atoms with van der Waals surface area (Å²) in [5.41, 5.74) is 4.27. The second-order valence-electron chi connectivity index (χ2n) is 16.7. The lowest BCUT2D eigenvalue weighted by Crippen LogP contribution is -2.61. The number of amides is 5. The van der Waals surface area contributed by atoms with Gasteiger partial charge in [-0.3, -0.25) is 33.8 Å². The molecular formula is C36H53N7O6. The van der Waals surface area contributed by atoms with Gasteiger partial charge in [0.15, 0.2) is 0 Å². The van der Waals surface area contributed by atoms with Crippen molar-refractivity contribution in [2.75, 3.05) is 6.54 Å². The number of hydrogen-bond acceptors (Lipinski definition) is 8. The molecule has 0 radical (unpaired) electrons. The highest BCUT2D eigenvalue weighted by molar-refractivity contribution is 6.37. The number of nitrogens with two attached hydrogens (primary N) is 1. The molecule has 5 rings (SSSR count). The average Bonchev–Trinajstić information content (AvgIpc) is 3.21. The van der Waals surface area contributed by atoms with Gasteiger partial charge in [-0.25, -0.2) is 4.98 Å².